The molecule has 0 aromatic heterocycles. The summed E-state index contributed by atoms with van der Waals surface area (Å²) < 4.78 is 5.47. The van der Waals surface area contributed by atoms with Crippen molar-refractivity contribution in [2.75, 3.05) is 7.11 Å². The summed E-state index contributed by atoms with van der Waals surface area (Å²) in [6.45, 7) is 7.40. The molecule has 1 aromatic rings. The van der Waals surface area contributed by atoms with Crippen LogP contribution in [0.1, 0.15) is 49.2 Å². The quantitative estimate of drug-likeness (QED) is 0.784. The van der Waals surface area contributed by atoms with Crippen LogP contribution in [0.3, 0.4) is 0 Å². The molecule has 1 aromatic carbocycles. The van der Waals surface area contributed by atoms with Crippen molar-refractivity contribution in [3.63, 3.8) is 0 Å². The Kier molecular flexibility index (Phi) is 3.55. The zero-order valence-corrected chi connectivity index (χ0v) is 14.7. The van der Waals surface area contributed by atoms with Crippen molar-refractivity contribution in [3.05, 3.63) is 41.0 Å². The van der Waals surface area contributed by atoms with Crippen LogP contribution in [0.15, 0.2) is 24.3 Å². The molecule has 126 valence electrons. The molecule has 4 nitrogen and oxygen atoms in total. The first-order chi connectivity index (χ1) is 11.2. The summed E-state index contributed by atoms with van der Waals surface area (Å²) in [5.74, 6) is -1.08. The van der Waals surface area contributed by atoms with Gasteiger partial charge in [-0.1, -0.05) is 33.8 Å². The second kappa shape index (κ2) is 5.13. The van der Waals surface area contributed by atoms with Crippen molar-refractivity contribution in [2.45, 2.75) is 39.5 Å². The lowest BCUT2D eigenvalue weighted by atomic mass is 9.51. The molecule has 2 atom stereocenters. The second-order valence-corrected chi connectivity index (χ2v) is 7.39. The highest BCUT2D eigenvalue weighted by Gasteiger charge is 2.58. The molecule has 0 heterocycles. The lowest BCUT2D eigenvalue weighted by Crippen LogP contribution is -2.56. The lowest BCUT2D eigenvalue weighted by molar-refractivity contribution is -0.136. The number of hydrogen-bond donors (Lipinski definition) is 0. The maximum Gasteiger partial charge on any atom is 0.229 e. The number of carbonyl (C=O) groups is 3. The Bertz CT molecular complexity index is 800. The third-order valence-corrected chi connectivity index (χ3v) is 5.65. The molecule has 2 aliphatic rings. The van der Waals surface area contributed by atoms with E-state index in [0.29, 0.717) is 17.7 Å². The molecule has 0 aliphatic heterocycles. The number of aryl methyl sites for hydroxylation is 1. The molecule has 0 spiro atoms. The van der Waals surface area contributed by atoms with E-state index in [-0.39, 0.29) is 5.78 Å². The van der Waals surface area contributed by atoms with Gasteiger partial charge in [0.05, 0.1) is 13.0 Å². The number of hydrogen-bond acceptors (Lipinski definition) is 4. The summed E-state index contributed by atoms with van der Waals surface area (Å²) in [7, 11) is 1.60. The van der Waals surface area contributed by atoms with Gasteiger partial charge >= 0.3 is 0 Å². The predicted molar refractivity (Wildman–Crippen MR) is 90.5 cm³/mol. The normalized spacial score (nSPS) is 27.7. The predicted octanol–water partition coefficient (Wildman–Crippen LogP) is 3.06. The average Bonchev–Trinajstić information content (AvgIpc) is 2.55. The molecule has 0 bridgehead atoms. The molecule has 0 saturated carbocycles. The van der Waals surface area contributed by atoms with Crippen LogP contribution < -0.4 is 4.74 Å². The molecule has 0 saturated heterocycles. The standard InChI is InChI=1S/C20H22O4/c1-6-11-9-12-13(10-14(11)24-5)20(4)8-7-15(21)19(2,3)18(20)17(23)16(12)22/h7-10,18H,6H2,1-5H3. The summed E-state index contributed by atoms with van der Waals surface area (Å²) in [5, 5.41) is 0. The smallest absolute Gasteiger partial charge is 0.229 e. The van der Waals surface area contributed by atoms with E-state index in [1.54, 1.807) is 39.2 Å². The molecular formula is C20H22O4. The Balaban J connectivity index is 2.36. The highest BCUT2D eigenvalue weighted by atomic mass is 16.5. The van der Waals surface area contributed by atoms with Gasteiger partial charge in [0.25, 0.3) is 0 Å². The van der Waals surface area contributed by atoms with E-state index in [0.717, 1.165) is 11.1 Å². The van der Waals surface area contributed by atoms with Crippen molar-refractivity contribution in [1.82, 2.24) is 0 Å². The van der Waals surface area contributed by atoms with Crippen molar-refractivity contribution < 1.29 is 19.1 Å². The average molecular weight is 326 g/mol. The zero-order valence-electron chi connectivity index (χ0n) is 14.7. The van der Waals surface area contributed by atoms with Gasteiger partial charge in [0.1, 0.15) is 5.75 Å². The number of Topliss-reactive ketones (excluding diaryl/α,β-unsaturated/α-hetero) is 2. The van der Waals surface area contributed by atoms with Crippen LogP contribution in [0.5, 0.6) is 5.75 Å². The van der Waals surface area contributed by atoms with E-state index in [1.165, 1.54) is 0 Å². The van der Waals surface area contributed by atoms with Crippen LogP contribution in [-0.2, 0) is 21.4 Å². The maximum atomic E-state index is 12.9. The zero-order chi connectivity index (χ0) is 17.9. The third-order valence-electron chi connectivity index (χ3n) is 5.65. The summed E-state index contributed by atoms with van der Waals surface area (Å²) in [6.07, 6.45) is 4.03. The van der Waals surface area contributed by atoms with E-state index in [9.17, 15) is 14.4 Å². The van der Waals surface area contributed by atoms with Crippen molar-refractivity contribution in [2.24, 2.45) is 11.3 Å². The minimum absolute atomic E-state index is 0.119. The summed E-state index contributed by atoms with van der Waals surface area (Å²) in [5.41, 5.74) is 0.491. The number of benzene rings is 1. The third kappa shape index (κ3) is 1.95. The summed E-state index contributed by atoms with van der Waals surface area (Å²) >= 11 is 0. The largest absolute Gasteiger partial charge is 0.496 e. The van der Waals surface area contributed by atoms with E-state index >= 15 is 0 Å². The van der Waals surface area contributed by atoms with Crippen LogP contribution in [0.25, 0.3) is 0 Å². The van der Waals surface area contributed by atoms with E-state index in [2.05, 4.69) is 0 Å². The number of rotatable bonds is 2. The highest BCUT2D eigenvalue weighted by Crippen LogP contribution is 2.52. The number of ether oxygens (including phenoxy) is 1. The van der Waals surface area contributed by atoms with Gasteiger partial charge in [0.2, 0.25) is 11.6 Å². The molecule has 0 radical (unpaired) electrons. The minimum Gasteiger partial charge on any atom is -0.496 e. The highest BCUT2D eigenvalue weighted by molar-refractivity contribution is 6.46. The van der Waals surface area contributed by atoms with Gasteiger partial charge in [-0.2, -0.15) is 0 Å². The van der Waals surface area contributed by atoms with Crippen molar-refractivity contribution >= 4 is 17.3 Å². The summed E-state index contributed by atoms with van der Waals surface area (Å²) in [4.78, 5) is 38.0. The Morgan fingerprint density at radius 1 is 1.12 bits per heavy atom. The Hall–Kier alpha value is -2.23. The fraction of sp³-hybridized carbons (Fsp3) is 0.450. The van der Waals surface area contributed by atoms with Gasteiger partial charge in [0.15, 0.2) is 5.78 Å². The Morgan fingerprint density at radius 3 is 2.38 bits per heavy atom. The number of allylic oxidation sites excluding steroid dienone is 2. The maximum absolute atomic E-state index is 12.9. The number of carbonyl (C=O) groups excluding carboxylic acids is 3. The Morgan fingerprint density at radius 2 is 1.79 bits per heavy atom. The molecule has 3 rings (SSSR count). The lowest BCUT2D eigenvalue weighted by Gasteiger charge is -2.48. The first kappa shape index (κ1) is 16.6. The number of ketones is 3. The topological polar surface area (TPSA) is 60.4 Å². The fourth-order valence-electron chi connectivity index (χ4n) is 4.29. The minimum atomic E-state index is -0.912. The van der Waals surface area contributed by atoms with Crippen LogP contribution in [0.4, 0.5) is 0 Å². The number of methoxy groups -OCH3 is 1. The van der Waals surface area contributed by atoms with Gasteiger partial charge in [-0.3, -0.25) is 14.4 Å². The van der Waals surface area contributed by atoms with Gasteiger partial charge < -0.3 is 4.74 Å². The molecule has 24 heavy (non-hydrogen) atoms. The molecule has 2 aliphatic carbocycles. The van der Waals surface area contributed by atoms with Crippen LogP contribution in [0, 0.1) is 11.3 Å². The molecule has 0 amide bonds. The summed E-state index contributed by atoms with van der Waals surface area (Å²) in [6, 6.07) is 3.63. The van der Waals surface area contributed by atoms with Crippen molar-refractivity contribution in [3.8, 4) is 5.75 Å². The van der Waals surface area contributed by atoms with Gasteiger partial charge in [0, 0.05) is 16.4 Å². The van der Waals surface area contributed by atoms with Gasteiger partial charge in [-0.05, 0) is 35.8 Å². The van der Waals surface area contributed by atoms with Crippen LogP contribution >= 0.6 is 0 Å². The first-order valence-corrected chi connectivity index (χ1v) is 8.22. The first-order valence-electron chi connectivity index (χ1n) is 8.22. The van der Waals surface area contributed by atoms with E-state index in [1.807, 2.05) is 19.9 Å². The van der Waals surface area contributed by atoms with E-state index in [4.69, 9.17) is 4.74 Å². The fourth-order valence-corrected chi connectivity index (χ4v) is 4.29. The molecule has 2 unspecified atom stereocenters. The van der Waals surface area contributed by atoms with E-state index < -0.39 is 28.3 Å². The van der Waals surface area contributed by atoms with Crippen LogP contribution in [0.2, 0.25) is 0 Å². The van der Waals surface area contributed by atoms with Crippen LogP contribution in [-0.4, -0.2) is 24.5 Å². The molecule has 0 fully saturated rings. The van der Waals surface area contributed by atoms with Gasteiger partial charge in [-0.15, -0.1) is 0 Å². The number of fused-ring (bicyclic) bond motifs is 3. The van der Waals surface area contributed by atoms with Gasteiger partial charge in [-0.25, -0.2) is 0 Å². The monoisotopic (exact) mass is 326 g/mol. The van der Waals surface area contributed by atoms with Crippen molar-refractivity contribution in [1.29, 1.82) is 0 Å². The molecule has 0 N–H and O–H groups in total. The Labute approximate surface area is 141 Å². The second-order valence-electron chi connectivity index (χ2n) is 7.39. The molecule has 4 heteroatoms. The SMILES string of the molecule is CCc1cc2c(cc1OC)C1(C)C=CC(=O)C(C)(C)C1C(=O)C2=O. The molecular weight excluding hydrogens is 304 g/mol.